The Labute approximate surface area is 186 Å². The molecule has 10 heteroatoms. The summed E-state index contributed by atoms with van der Waals surface area (Å²) in [6.07, 6.45) is 3.65. The van der Waals surface area contributed by atoms with Crippen LogP contribution >= 0.6 is 0 Å². The third-order valence-corrected chi connectivity index (χ3v) is 7.33. The molecule has 165 valence electrons. The second kappa shape index (κ2) is 8.98. The lowest BCUT2D eigenvalue weighted by molar-refractivity contribution is 0.0995. The summed E-state index contributed by atoms with van der Waals surface area (Å²) in [6.45, 7) is 2.49. The molecule has 1 fully saturated rings. The first kappa shape index (κ1) is 21.8. The molecule has 1 amide bonds. The van der Waals surface area contributed by atoms with E-state index >= 15 is 0 Å². The summed E-state index contributed by atoms with van der Waals surface area (Å²) < 4.78 is 27.5. The van der Waals surface area contributed by atoms with Crippen molar-refractivity contribution in [3.63, 3.8) is 0 Å². The van der Waals surface area contributed by atoms with E-state index in [2.05, 4.69) is 27.3 Å². The minimum atomic E-state index is -4.09. The second-order valence-corrected chi connectivity index (χ2v) is 9.45. The van der Waals surface area contributed by atoms with Gasteiger partial charge < -0.3 is 16.0 Å². The van der Waals surface area contributed by atoms with Crippen LogP contribution in [0.4, 0.5) is 5.69 Å². The summed E-state index contributed by atoms with van der Waals surface area (Å²) in [7, 11) is -4.09. The Balaban J connectivity index is 1.68. The number of hydrogen-bond donors (Lipinski definition) is 2. The highest BCUT2D eigenvalue weighted by atomic mass is 32.2. The van der Waals surface area contributed by atoms with Gasteiger partial charge in [0.25, 0.3) is 15.9 Å². The maximum absolute atomic E-state index is 13.3. The van der Waals surface area contributed by atoms with E-state index < -0.39 is 15.9 Å². The molecule has 3 heterocycles. The molecule has 0 atom stereocenters. The summed E-state index contributed by atoms with van der Waals surface area (Å²) in [4.78, 5) is 18.6. The third-order valence-electron chi connectivity index (χ3n) is 5.61. The number of fused-ring (bicyclic) bond motifs is 1. The molecule has 1 radical (unpaired) electrons. The van der Waals surface area contributed by atoms with Crippen LogP contribution in [0.2, 0.25) is 0 Å². The number of nitrogens with zero attached hydrogens (tertiary/aromatic N) is 4. The predicted octanol–water partition coefficient (Wildman–Crippen LogP) is 1.96. The van der Waals surface area contributed by atoms with Gasteiger partial charge in [-0.2, -0.15) is 5.26 Å². The van der Waals surface area contributed by atoms with Gasteiger partial charge in [-0.1, -0.05) is 18.2 Å². The van der Waals surface area contributed by atoms with Gasteiger partial charge in [-0.15, -0.1) is 0 Å². The SMILES string of the molecule is N#CCCN1CCC(Nc2[c]cnc3c2cc(C(N)=O)n3S(=O)(=O)c2ccccc2)CC1. The predicted molar refractivity (Wildman–Crippen MR) is 119 cm³/mol. The van der Waals surface area contributed by atoms with Crippen molar-refractivity contribution in [2.75, 3.05) is 25.0 Å². The van der Waals surface area contributed by atoms with E-state index in [4.69, 9.17) is 11.0 Å². The summed E-state index contributed by atoms with van der Waals surface area (Å²) >= 11 is 0. The highest BCUT2D eigenvalue weighted by Crippen LogP contribution is 2.30. The fraction of sp³-hybridized carbons (Fsp3) is 0.318. The Morgan fingerprint density at radius 3 is 2.66 bits per heavy atom. The Hall–Kier alpha value is -3.42. The van der Waals surface area contributed by atoms with Crippen molar-refractivity contribution in [2.24, 2.45) is 5.73 Å². The topological polar surface area (TPSA) is 134 Å². The first-order chi connectivity index (χ1) is 15.4. The van der Waals surface area contributed by atoms with Gasteiger partial charge in [0.15, 0.2) is 5.65 Å². The molecular formula is C22H23N6O3S. The van der Waals surface area contributed by atoms with Gasteiger partial charge in [-0.3, -0.25) is 4.79 Å². The van der Waals surface area contributed by atoms with Crippen LogP contribution in [0.3, 0.4) is 0 Å². The van der Waals surface area contributed by atoms with E-state index in [1.54, 1.807) is 18.2 Å². The molecule has 1 aromatic carbocycles. The molecule has 3 N–H and O–H groups in total. The maximum Gasteiger partial charge on any atom is 0.270 e. The number of carbonyl (C=O) groups is 1. The molecule has 9 nitrogen and oxygen atoms in total. The van der Waals surface area contributed by atoms with Gasteiger partial charge in [0.05, 0.1) is 16.7 Å². The molecule has 1 aliphatic rings. The molecule has 4 rings (SSSR count). The fourth-order valence-electron chi connectivity index (χ4n) is 3.97. The smallest absolute Gasteiger partial charge is 0.270 e. The van der Waals surface area contributed by atoms with Crippen molar-refractivity contribution in [3.05, 3.63) is 54.4 Å². The van der Waals surface area contributed by atoms with Crippen LogP contribution in [0.1, 0.15) is 29.8 Å². The monoisotopic (exact) mass is 451 g/mol. The van der Waals surface area contributed by atoms with Crippen LogP contribution in [0.25, 0.3) is 11.0 Å². The summed E-state index contributed by atoms with van der Waals surface area (Å²) in [5, 5.41) is 12.7. The first-order valence-electron chi connectivity index (χ1n) is 10.3. The highest BCUT2D eigenvalue weighted by molar-refractivity contribution is 7.90. The zero-order chi connectivity index (χ0) is 22.7. The summed E-state index contributed by atoms with van der Waals surface area (Å²) in [5.41, 5.74) is 6.07. The maximum atomic E-state index is 13.3. The Bertz CT molecular complexity index is 1270. The first-order valence-corrected chi connectivity index (χ1v) is 11.7. The van der Waals surface area contributed by atoms with Gasteiger partial charge in [0.2, 0.25) is 0 Å². The third kappa shape index (κ3) is 4.17. The van der Waals surface area contributed by atoms with Crippen LogP contribution in [0.5, 0.6) is 0 Å². The lowest BCUT2D eigenvalue weighted by Crippen LogP contribution is -2.39. The zero-order valence-electron chi connectivity index (χ0n) is 17.4. The zero-order valence-corrected chi connectivity index (χ0v) is 18.2. The number of anilines is 1. The number of piperidine rings is 1. The molecule has 0 spiro atoms. The molecule has 3 aromatic rings. The van der Waals surface area contributed by atoms with Crippen molar-refractivity contribution < 1.29 is 13.2 Å². The van der Waals surface area contributed by atoms with Crippen LogP contribution in [0, 0.1) is 17.4 Å². The molecule has 1 saturated heterocycles. The van der Waals surface area contributed by atoms with E-state index in [9.17, 15) is 13.2 Å². The highest BCUT2D eigenvalue weighted by Gasteiger charge is 2.28. The number of nitrogens with one attached hydrogen (secondary N) is 1. The molecule has 0 unspecified atom stereocenters. The van der Waals surface area contributed by atoms with Crippen molar-refractivity contribution in [2.45, 2.75) is 30.2 Å². The number of nitriles is 1. The van der Waals surface area contributed by atoms with Crippen molar-refractivity contribution in [3.8, 4) is 6.07 Å². The number of primary amides is 1. The number of hydrogen-bond acceptors (Lipinski definition) is 7. The van der Waals surface area contributed by atoms with Gasteiger partial charge in [0.1, 0.15) is 5.69 Å². The largest absolute Gasteiger partial charge is 0.381 e. The summed E-state index contributed by atoms with van der Waals surface area (Å²) in [6, 6.07) is 14.7. The van der Waals surface area contributed by atoms with Crippen molar-refractivity contribution >= 4 is 32.7 Å². The number of pyridine rings is 1. The van der Waals surface area contributed by atoms with E-state index in [1.807, 2.05) is 0 Å². The Kier molecular flexibility index (Phi) is 6.12. The number of nitrogens with two attached hydrogens (primary N) is 1. The fourth-order valence-corrected chi connectivity index (χ4v) is 5.46. The molecule has 32 heavy (non-hydrogen) atoms. The number of aromatic nitrogens is 2. The van der Waals surface area contributed by atoms with E-state index in [0.717, 1.165) is 36.4 Å². The van der Waals surface area contributed by atoms with Gasteiger partial charge >= 0.3 is 0 Å². The van der Waals surface area contributed by atoms with Crippen molar-refractivity contribution in [1.29, 1.82) is 5.26 Å². The quantitative estimate of drug-likeness (QED) is 0.561. The average Bonchev–Trinajstić information content (AvgIpc) is 3.21. The molecule has 1 aliphatic heterocycles. The molecule has 0 saturated carbocycles. The number of rotatable bonds is 7. The molecular weight excluding hydrogens is 428 g/mol. The van der Waals surface area contributed by atoms with Crippen LogP contribution in [0.15, 0.2) is 47.5 Å². The summed E-state index contributed by atoms with van der Waals surface area (Å²) in [5.74, 6) is -0.862. The number of amides is 1. The Morgan fingerprint density at radius 2 is 2.00 bits per heavy atom. The number of likely N-dealkylation sites (tertiary alicyclic amines) is 1. The van der Waals surface area contributed by atoms with Crippen LogP contribution in [-0.2, 0) is 10.0 Å². The Morgan fingerprint density at radius 1 is 1.28 bits per heavy atom. The minimum absolute atomic E-state index is 0.0360. The molecule has 0 bridgehead atoms. The van der Waals surface area contributed by atoms with E-state index in [1.165, 1.54) is 24.4 Å². The molecule has 2 aromatic heterocycles. The van der Waals surface area contributed by atoms with Gasteiger partial charge in [-0.25, -0.2) is 17.4 Å². The van der Waals surface area contributed by atoms with E-state index in [0.29, 0.717) is 17.5 Å². The van der Waals surface area contributed by atoms with Gasteiger partial charge in [-0.05, 0) is 31.0 Å². The lowest BCUT2D eigenvalue weighted by atomic mass is 10.0. The lowest BCUT2D eigenvalue weighted by Gasteiger charge is -2.32. The van der Waals surface area contributed by atoms with E-state index in [-0.39, 0.29) is 22.3 Å². The van der Waals surface area contributed by atoms with Crippen LogP contribution < -0.4 is 11.1 Å². The average molecular weight is 452 g/mol. The van der Waals surface area contributed by atoms with Gasteiger partial charge in [0, 0.05) is 49.7 Å². The molecule has 0 aliphatic carbocycles. The van der Waals surface area contributed by atoms with Crippen LogP contribution in [-0.4, -0.2) is 53.9 Å². The van der Waals surface area contributed by atoms with Crippen molar-refractivity contribution in [1.82, 2.24) is 13.9 Å². The minimum Gasteiger partial charge on any atom is -0.381 e. The second-order valence-electron chi connectivity index (χ2n) is 7.66. The number of carbonyl (C=O) groups excluding carboxylic acids is 1. The normalized spacial score (nSPS) is 15.5. The number of benzene rings is 1. The standard InChI is InChI=1S/C22H23N6O3S/c23-10-4-12-27-13-8-16(9-14-27)26-19-7-11-25-22-18(19)15-20(21(24)29)28(22)32(30,31)17-5-2-1-3-6-17/h1-3,5-6,11,15-16H,4,8-9,12-14H2,(H2,24,29)(H,25,26).